The summed E-state index contributed by atoms with van der Waals surface area (Å²) in [7, 11) is 4.81. The Morgan fingerprint density at radius 1 is 0.958 bits per heavy atom. The minimum Gasteiger partial charge on any atom is -0.497 e. The van der Waals surface area contributed by atoms with E-state index in [4.69, 9.17) is 14.2 Å². The Labute approximate surface area is 142 Å². The summed E-state index contributed by atoms with van der Waals surface area (Å²) in [6.07, 6.45) is 0.890. The Bertz CT molecular complexity index is 713. The van der Waals surface area contributed by atoms with Gasteiger partial charge in [0.1, 0.15) is 17.2 Å². The van der Waals surface area contributed by atoms with Crippen molar-refractivity contribution in [2.45, 2.75) is 19.8 Å². The third-order valence-corrected chi connectivity index (χ3v) is 3.74. The number of aryl methyl sites for hydroxylation is 2. The van der Waals surface area contributed by atoms with Crippen molar-refractivity contribution in [3.05, 3.63) is 47.5 Å². The predicted molar refractivity (Wildman–Crippen MR) is 94.2 cm³/mol. The second-order valence-electron chi connectivity index (χ2n) is 5.43. The Kier molecular flexibility index (Phi) is 6.07. The highest BCUT2D eigenvalue weighted by Crippen LogP contribution is 2.27. The smallest absolute Gasteiger partial charge is 0.224 e. The molecule has 128 valence electrons. The second kappa shape index (κ2) is 8.24. The van der Waals surface area contributed by atoms with Crippen LogP contribution in [0.25, 0.3) is 0 Å². The Morgan fingerprint density at radius 2 is 1.67 bits per heavy atom. The molecule has 0 fully saturated rings. The molecule has 1 N–H and O–H groups in total. The van der Waals surface area contributed by atoms with Crippen LogP contribution < -0.4 is 19.5 Å². The van der Waals surface area contributed by atoms with E-state index in [2.05, 4.69) is 5.32 Å². The van der Waals surface area contributed by atoms with Gasteiger partial charge in [-0.25, -0.2) is 0 Å². The molecule has 2 aromatic rings. The Morgan fingerprint density at radius 3 is 2.33 bits per heavy atom. The average Bonchev–Trinajstić information content (AvgIpc) is 2.59. The molecule has 1 amide bonds. The average molecular weight is 329 g/mol. The fourth-order valence-corrected chi connectivity index (χ4v) is 2.46. The van der Waals surface area contributed by atoms with Gasteiger partial charge < -0.3 is 19.5 Å². The highest BCUT2D eigenvalue weighted by molar-refractivity contribution is 5.92. The van der Waals surface area contributed by atoms with Crippen LogP contribution in [0.1, 0.15) is 17.5 Å². The number of amides is 1. The van der Waals surface area contributed by atoms with Gasteiger partial charge >= 0.3 is 0 Å². The maximum atomic E-state index is 12.3. The molecule has 0 aliphatic heterocycles. The summed E-state index contributed by atoms with van der Waals surface area (Å²) < 4.78 is 15.8. The van der Waals surface area contributed by atoms with Crippen molar-refractivity contribution >= 4 is 11.6 Å². The molecule has 0 aromatic heterocycles. The molecule has 2 rings (SSSR count). The van der Waals surface area contributed by atoms with Gasteiger partial charge in [0.15, 0.2) is 0 Å². The molecule has 2 aromatic carbocycles. The summed E-state index contributed by atoms with van der Waals surface area (Å²) in [5, 5.41) is 2.90. The van der Waals surface area contributed by atoms with E-state index in [0.29, 0.717) is 24.3 Å². The standard InChI is InChI=1S/C19H23NO4/c1-13-5-8-18(24-4)16(11-13)20-19(21)10-6-14-12-15(22-2)7-9-17(14)23-3/h5,7-9,11-12H,6,10H2,1-4H3,(H,20,21). The molecule has 0 atom stereocenters. The van der Waals surface area contributed by atoms with Crippen molar-refractivity contribution in [1.29, 1.82) is 0 Å². The van der Waals surface area contributed by atoms with Crippen LogP contribution in [0.4, 0.5) is 5.69 Å². The van der Waals surface area contributed by atoms with Crippen LogP contribution in [0, 0.1) is 6.92 Å². The van der Waals surface area contributed by atoms with E-state index >= 15 is 0 Å². The lowest BCUT2D eigenvalue weighted by Gasteiger charge is -2.12. The lowest BCUT2D eigenvalue weighted by Crippen LogP contribution is -2.13. The van der Waals surface area contributed by atoms with Gasteiger partial charge in [-0.05, 0) is 54.8 Å². The van der Waals surface area contributed by atoms with Gasteiger partial charge in [0.05, 0.1) is 27.0 Å². The first-order chi connectivity index (χ1) is 11.6. The largest absolute Gasteiger partial charge is 0.497 e. The third kappa shape index (κ3) is 4.41. The first-order valence-electron chi connectivity index (χ1n) is 7.72. The third-order valence-electron chi connectivity index (χ3n) is 3.74. The number of hydrogen-bond acceptors (Lipinski definition) is 4. The maximum Gasteiger partial charge on any atom is 0.224 e. The van der Waals surface area contributed by atoms with Gasteiger partial charge in [-0.1, -0.05) is 6.07 Å². The topological polar surface area (TPSA) is 56.8 Å². The minimum absolute atomic E-state index is 0.0798. The molecule has 0 spiro atoms. The summed E-state index contributed by atoms with van der Waals surface area (Å²) in [6.45, 7) is 1.97. The van der Waals surface area contributed by atoms with Crippen molar-refractivity contribution in [1.82, 2.24) is 0 Å². The number of benzene rings is 2. The van der Waals surface area contributed by atoms with Crippen molar-refractivity contribution in [3.8, 4) is 17.2 Å². The molecule has 5 heteroatoms. The summed E-state index contributed by atoms with van der Waals surface area (Å²) in [5.74, 6) is 2.06. The first kappa shape index (κ1) is 17.7. The van der Waals surface area contributed by atoms with E-state index in [1.165, 1.54) is 0 Å². The van der Waals surface area contributed by atoms with Crippen molar-refractivity contribution in [3.63, 3.8) is 0 Å². The van der Waals surface area contributed by atoms with Crippen LogP contribution in [0.15, 0.2) is 36.4 Å². The number of methoxy groups -OCH3 is 3. The number of anilines is 1. The van der Waals surface area contributed by atoms with Crippen LogP contribution in [0.3, 0.4) is 0 Å². The zero-order chi connectivity index (χ0) is 17.5. The summed E-state index contributed by atoms with van der Waals surface area (Å²) in [4.78, 5) is 12.3. The molecule has 0 bridgehead atoms. The van der Waals surface area contributed by atoms with Crippen LogP contribution in [-0.2, 0) is 11.2 Å². The zero-order valence-corrected chi connectivity index (χ0v) is 14.5. The molecule has 5 nitrogen and oxygen atoms in total. The van der Waals surface area contributed by atoms with Crippen LogP contribution in [0.5, 0.6) is 17.2 Å². The molecular weight excluding hydrogens is 306 g/mol. The monoisotopic (exact) mass is 329 g/mol. The minimum atomic E-state index is -0.0798. The molecule has 0 saturated carbocycles. The van der Waals surface area contributed by atoms with Crippen molar-refractivity contribution < 1.29 is 19.0 Å². The van der Waals surface area contributed by atoms with Crippen LogP contribution >= 0.6 is 0 Å². The second-order valence-corrected chi connectivity index (χ2v) is 5.43. The molecule has 0 heterocycles. The van der Waals surface area contributed by atoms with Gasteiger partial charge in [0.25, 0.3) is 0 Å². The van der Waals surface area contributed by atoms with Crippen LogP contribution in [0.2, 0.25) is 0 Å². The van der Waals surface area contributed by atoms with Crippen molar-refractivity contribution in [2.75, 3.05) is 26.6 Å². The highest BCUT2D eigenvalue weighted by atomic mass is 16.5. The molecule has 0 unspecified atom stereocenters. The molecular formula is C19H23NO4. The fourth-order valence-electron chi connectivity index (χ4n) is 2.46. The van der Waals surface area contributed by atoms with Gasteiger partial charge in [-0.2, -0.15) is 0 Å². The molecule has 0 aliphatic rings. The zero-order valence-electron chi connectivity index (χ0n) is 14.5. The van der Waals surface area contributed by atoms with Gasteiger partial charge in [0.2, 0.25) is 5.91 Å². The number of carbonyl (C=O) groups excluding carboxylic acids is 1. The summed E-state index contributed by atoms with van der Waals surface area (Å²) in [5.41, 5.74) is 2.67. The fraction of sp³-hybridized carbons (Fsp3) is 0.316. The Hall–Kier alpha value is -2.69. The molecule has 0 radical (unpaired) electrons. The van der Waals surface area contributed by atoms with E-state index in [0.717, 1.165) is 22.6 Å². The number of rotatable bonds is 7. The predicted octanol–water partition coefficient (Wildman–Crippen LogP) is 3.59. The van der Waals surface area contributed by atoms with E-state index in [9.17, 15) is 4.79 Å². The molecule has 0 aliphatic carbocycles. The van der Waals surface area contributed by atoms with Gasteiger partial charge in [-0.15, -0.1) is 0 Å². The quantitative estimate of drug-likeness (QED) is 0.843. The van der Waals surface area contributed by atoms with E-state index in [1.54, 1.807) is 21.3 Å². The molecule has 24 heavy (non-hydrogen) atoms. The van der Waals surface area contributed by atoms with E-state index < -0.39 is 0 Å². The van der Waals surface area contributed by atoms with E-state index in [1.807, 2.05) is 43.3 Å². The number of ether oxygens (including phenoxy) is 3. The van der Waals surface area contributed by atoms with E-state index in [-0.39, 0.29) is 5.91 Å². The molecule has 0 saturated heterocycles. The van der Waals surface area contributed by atoms with Crippen molar-refractivity contribution in [2.24, 2.45) is 0 Å². The van der Waals surface area contributed by atoms with Gasteiger partial charge in [0, 0.05) is 6.42 Å². The Balaban J connectivity index is 2.05. The number of nitrogens with one attached hydrogen (secondary N) is 1. The SMILES string of the molecule is COc1ccc(OC)c(CCC(=O)Nc2cc(C)ccc2OC)c1. The number of carbonyl (C=O) groups is 1. The highest BCUT2D eigenvalue weighted by Gasteiger charge is 2.11. The maximum absolute atomic E-state index is 12.3. The lowest BCUT2D eigenvalue weighted by atomic mass is 10.1. The van der Waals surface area contributed by atoms with Crippen LogP contribution in [-0.4, -0.2) is 27.2 Å². The number of hydrogen-bond donors (Lipinski definition) is 1. The normalized spacial score (nSPS) is 10.2. The van der Waals surface area contributed by atoms with Gasteiger partial charge in [-0.3, -0.25) is 4.79 Å². The summed E-state index contributed by atoms with van der Waals surface area (Å²) >= 11 is 0. The first-order valence-corrected chi connectivity index (χ1v) is 7.72. The summed E-state index contributed by atoms with van der Waals surface area (Å²) in [6, 6.07) is 11.2. The lowest BCUT2D eigenvalue weighted by molar-refractivity contribution is -0.116.